The van der Waals surface area contributed by atoms with Crippen LogP contribution >= 0.6 is 0 Å². The van der Waals surface area contributed by atoms with Crippen molar-refractivity contribution in [3.05, 3.63) is 41.6 Å². The molecule has 1 aromatic rings. The second kappa shape index (κ2) is 4.67. The average Bonchev–Trinajstić information content (AvgIpc) is 2.08. The van der Waals surface area contributed by atoms with Crippen molar-refractivity contribution in [3.63, 3.8) is 0 Å². The standard InChI is InChI=1S/C11H16N2/c1-13(2)9-11-5-3-10(4-6-11)7-8-12/h3-8H,9,12H2,1-2H3. The lowest BCUT2D eigenvalue weighted by molar-refractivity contribution is 0.402. The molecule has 2 heteroatoms. The van der Waals surface area contributed by atoms with Crippen LogP contribution in [0.1, 0.15) is 11.1 Å². The van der Waals surface area contributed by atoms with E-state index in [2.05, 4.69) is 43.3 Å². The summed E-state index contributed by atoms with van der Waals surface area (Å²) in [5, 5.41) is 0. The fraction of sp³-hybridized carbons (Fsp3) is 0.273. The molecule has 0 aliphatic rings. The molecule has 0 saturated carbocycles. The predicted molar refractivity (Wildman–Crippen MR) is 57.1 cm³/mol. The van der Waals surface area contributed by atoms with Crippen LogP contribution in [0.2, 0.25) is 0 Å². The first-order valence-corrected chi connectivity index (χ1v) is 4.34. The van der Waals surface area contributed by atoms with Crippen molar-refractivity contribution in [1.29, 1.82) is 0 Å². The third-order valence-electron chi connectivity index (χ3n) is 1.77. The highest BCUT2D eigenvalue weighted by Gasteiger charge is 1.93. The average molecular weight is 176 g/mol. The van der Waals surface area contributed by atoms with Gasteiger partial charge in [-0.3, -0.25) is 0 Å². The lowest BCUT2D eigenvalue weighted by Crippen LogP contribution is -2.10. The number of hydrogen-bond donors (Lipinski definition) is 1. The zero-order valence-electron chi connectivity index (χ0n) is 8.20. The molecule has 0 unspecified atom stereocenters. The number of nitrogens with two attached hydrogens (primary N) is 1. The summed E-state index contributed by atoms with van der Waals surface area (Å²) in [7, 11) is 4.13. The molecule has 0 spiro atoms. The summed E-state index contributed by atoms with van der Waals surface area (Å²) in [5.74, 6) is 0. The van der Waals surface area contributed by atoms with Crippen molar-refractivity contribution in [2.45, 2.75) is 6.54 Å². The molecule has 0 aliphatic carbocycles. The second-order valence-electron chi connectivity index (χ2n) is 3.34. The van der Waals surface area contributed by atoms with E-state index in [1.165, 1.54) is 5.56 Å². The van der Waals surface area contributed by atoms with E-state index in [9.17, 15) is 0 Å². The van der Waals surface area contributed by atoms with Gasteiger partial charge in [0, 0.05) is 6.54 Å². The molecule has 0 heterocycles. The van der Waals surface area contributed by atoms with Crippen molar-refractivity contribution in [3.8, 4) is 0 Å². The number of benzene rings is 1. The van der Waals surface area contributed by atoms with Gasteiger partial charge in [0.15, 0.2) is 0 Å². The molecule has 0 atom stereocenters. The molecule has 13 heavy (non-hydrogen) atoms. The van der Waals surface area contributed by atoms with Crippen LogP contribution < -0.4 is 5.73 Å². The fourth-order valence-electron chi connectivity index (χ4n) is 1.21. The summed E-state index contributed by atoms with van der Waals surface area (Å²) in [6.07, 6.45) is 3.44. The monoisotopic (exact) mass is 176 g/mol. The van der Waals surface area contributed by atoms with Crippen LogP contribution in [-0.2, 0) is 6.54 Å². The predicted octanol–water partition coefficient (Wildman–Crippen LogP) is 1.68. The van der Waals surface area contributed by atoms with E-state index in [4.69, 9.17) is 5.73 Å². The molecule has 0 amide bonds. The Hall–Kier alpha value is -1.28. The largest absolute Gasteiger partial charge is 0.405 e. The Labute approximate surface area is 79.7 Å². The summed E-state index contributed by atoms with van der Waals surface area (Å²) < 4.78 is 0. The zero-order valence-corrected chi connectivity index (χ0v) is 8.20. The summed E-state index contributed by atoms with van der Waals surface area (Å²) in [4.78, 5) is 2.15. The number of nitrogens with zero attached hydrogens (tertiary/aromatic N) is 1. The highest BCUT2D eigenvalue weighted by molar-refractivity contribution is 5.48. The van der Waals surface area contributed by atoms with Crippen molar-refractivity contribution >= 4 is 6.08 Å². The van der Waals surface area contributed by atoms with Gasteiger partial charge in [0.05, 0.1) is 0 Å². The van der Waals surface area contributed by atoms with Crippen molar-refractivity contribution in [2.75, 3.05) is 14.1 Å². The minimum atomic E-state index is 0.979. The first-order valence-electron chi connectivity index (χ1n) is 4.34. The van der Waals surface area contributed by atoms with E-state index < -0.39 is 0 Å². The first kappa shape index (κ1) is 9.81. The van der Waals surface area contributed by atoms with Crippen LogP contribution in [0.4, 0.5) is 0 Å². The van der Waals surface area contributed by atoms with Gasteiger partial charge in [-0.05, 0) is 37.5 Å². The van der Waals surface area contributed by atoms with E-state index in [0.29, 0.717) is 0 Å². The summed E-state index contributed by atoms with van der Waals surface area (Å²) in [6.45, 7) is 0.979. The molecular formula is C11H16N2. The molecule has 1 aromatic carbocycles. The normalized spacial score (nSPS) is 11.3. The highest BCUT2D eigenvalue weighted by atomic mass is 15.0. The molecule has 0 radical (unpaired) electrons. The Morgan fingerprint density at radius 3 is 2.31 bits per heavy atom. The van der Waals surface area contributed by atoms with Crippen molar-refractivity contribution in [1.82, 2.24) is 4.90 Å². The van der Waals surface area contributed by atoms with Gasteiger partial charge in [0.1, 0.15) is 0 Å². The Balaban J connectivity index is 2.69. The van der Waals surface area contributed by atoms with Crippen LogP contribution in [0.25, 0.3) is 6.08 Å². The molecule has 0 bridgehead atoms. The lowest BCUT2D eigenvalue weighted by Gasteiger charge is -2.09. The van der Waals surface area contributed by atoms with Gasteiger partial charge in [0.25, 0.3) is 0 Å². The van der Waals surface area contributed by atoms with Crippen LogP contribution in [0.15, 0.2) is 30.5 Å². The quantitative estimate of drug-likeness (QED) is 0.759. The SMILES string of the molecule is CN(C)Cc1ccc(C=CN)cc1. The van der Waals surface area contributed by atoms with Gasteiger partial charge in [0.2, 0.25) is 0 Å². The Bertz CT molecular complexity index is 273. The van der Waals surface area contributed by atoms with Crippen LogP contribution in [0.3, 0.4) is 0 Å². The maximum atomic E-state index is 5.29. The topological polar surface area (TPSA) is 29.3 Å². The highest BCUT2D eigenvalue weighted by Crippen LogP contribution is 2.06. The third kappa shape index (κ3) is 3.30. The van der Waals surface area contributed by atoms with Gasteiger partial charge < -0.3 is 10.6 Å². The minimum Gasteiger partial charge on any atom is -0.405 e. The van der Waals surface area contributed by atoms with E-state index in [1.54, 1.807) is 6.20 Å². The van der Waals surface area contributed by atoms with E-state index in [1.807, 2.05) is 6.08 Å². The van der Waals surface area contributed by atoms with Crippen molar-refractivity contribution < 1.29 is 0 Å². The summed E-state index contributed by atoms with van der Waals surface area (Å²) >= 11 is 0. The van der Waals surface area contributed by atoms with Crippen LogP contribution in [0, 0.1) is 0 Å². The van der Waals surface area contributed by atoms with Gasteiger partial charge >= 0.3 is 0 Å². The van der Waals surface area contributed by atoms with Gasteiger partial charge in [-0.1, -0.05) is 24.3 Å². The number of rotatable bonds is 3. The molecule has 0 saturated heterocycles. The number of hydrogen-bond acceptors (Lipinski definition) is 2. The van der Waals surface area contributed by atoms with Crippen LogP contribution in [0.5, 0.6) is 0 Å². The first-order chi connectivity index (χ1) is 6.22. The fourth-order valence-corrected chi connectivity index (χ4v) is 1.21. The summed E-state index contributed by atoms with van der Waals surface area (Å²) in [5.41, 5.74) is 7.75. The molecule has 70 valence electrons. The smallest absolute Gasteiger partial charge is 0.0227 e. The van der Waals surface area contributed by atoms with E-state index >= 15 is 0 Å². The van der Waals surface area contributed by atoms with Gasteiger partial charge in [-0.15, -0.1) is 0 Å². The summed E-state index contributed by atoms with van der Waals surface area (Å²) in [6, 6.07) is 8.38. The molecule has 0 fully saturated rings. The van der Waals surface area contributed by atoms with E-state index in [0.717, 1.165) is 12.1 Å². The zero-order chi connectivity index (χ0) is 9.68. The van der Waals surface area contributed by atoms with Gasteiger partial charge in [-0.2, -0.15) is 0 Å². The van der Waals surface area contributed by atoms with Crippen molar-refractivity contribution in [2.24, 2.45) is 5.73 Å². The Morgan fingerprint density at radius 1 is 1.23 bits per heavy atom. The third-order valence-corrected chi connectivity index (χ3v) is 1.77. The second-order valence-corrected chi connectivity index (χ2v) is 3.34. The van der Waals surface area contributed by atoms with Crippen LogP contribution in [-0.4, -0.2) is 19.0 Å². The molecule has 0 aromatic heterocycles. The molecule has 2 N–H and O–H groups in total. The molecule has 1 rings (SSSR count). The maximum Gasteiger partial charge on any atom is 0.0227 e. The molecule has 0 aliphatic heterocycles. The van der Waals surface area contributed by atoms with E-state index in [-0.39, 0.29) is 0 Å². The Kier molecular flexibility index (Phi) is 3.53. The molecular weight excluding hydrogens is 160 g/mol. The lowest BCUT2D eigenvalue weighted by atomic mass is 10.1. The minimum absolute atomic E-state index is 0.979. The molecule has 2 nitrogen and oxygen atoms in total. The van der Waals surface area contributed by atoms with Gasteiger partial charge in [-0.25, -0.2) is 0 Å². The maximum absolute atomic E-state index is 5.29. The Morgan fingerprint density at radius 2 is 1.85 bits per heavy atom.